The summed E-state index contributed by atoms with van der Waals surface area (Å²) in [5, 5.41) is 0. The van der Waals surface area contributed by atoms with E-state index in [1.54, 1.807) is 84.9 Å². The minimum atomic E-state index is -2.18. The first-order valence-electron chi connectivity index (χ1n) is 9.06. The Balaban J connectivity index is 1.99. The molecule has 0 N–H and O–H groups in total. The first-order chi connectivity index (χ1) is 14.0. The fourth-order valence-corrected chi connectivity index (χ4v) is 4.68. The van der Waals surface area contributed by atoms with E-state index in [9.17, 15) is 17.6 Å². The zero-order valence-electron chi connectivity index (χ0n) is 15.0. The van der Waals surface area contributed by atoms with Gasteiger partial charge in [-0.25, -0.2) is 0 Å². The summed E-state index contributed by atoms with van der Waals surface area (Å²) in [6.07, 6.45) is -4.35. The van der Waals surface area contributed by atoms with Gasteiger partial charge in [0.05, 0.1) is 11.1 Å². The van der Waals surface area contributed by atoms with Crippen LogP contribution in [-0.4, -0.2) is 0 Å². The second-order valence-corrected chi connectivity index (χ2v) is 7.01. The lowest BCUT2D eigenvalue weighted by Crippen LogP contribution is -2.29. The van der Waals surface area contributed by atoms with Gasteiger partial charge in [-0.05, 0) is 22.3 Å². The highest BCUT2D eigenvalue weighted by Gasteiger charge is 2.69. The molecule has 0 unspecified atom stereocenters. The highest BCUT2D eigenvalue weighted by molar-refractivity contribution is 5.73. The van der Waals surface area contributed by atoms with Crippen LogP contribution in [0.4, 0.5) is 17.6 Å². The van der Waals surface area contributed by atoms with Gasteiger partial charge in [0.25, 0.3) is 12.2 Å². The molecule has 2 heterocycles. The Morgan fingerprint density at radius 1 is 0.517 bits per heavy atom. The molecule has 1 fully saturated rings. The van der Waals surface area contributed by atoms with Gasteiger partial charge in [0, 0.05) is 0 Å². The zero-order valence-corrected chi connectivity index (χ0v) is 15.0. The Labute approximate surface area is 164 Å². The van der Waals surface area contributed by atoms with Crippen LogP contribution in [0.2, 0.25) is 0 Å². The van der Waals surface area contributed by atoms with Crippen LogP contribution in [0.15, 0.2) is 108 Å². The first-order valence-corrected chi connectivity index (χ1v) is 9.06. The standard InChI is InChI=1S/C24H14F4O/c25-21(26)19-20(22(27)28)24(16-11-5-2-6-12-16)18-14-8-7-13-17(18)23(19,29-24)15-9-3-1-4-10-15/h1-14H/t23-,24+. The number of hydrogen-bond donors (Lipinski definition) is 0. The minimum Gasteiger partial charge on any atom is -0.340 e. The van der Waals surface area contributed by atoms with E-state index < -0.39 is 34.5 Å². The maximum atomic E-state index is 14.4. The van der Waals surface area contributed by atoms with Crippen molar-refractivity contribution >= 4 is 0 Å². The lowest BCUT2D eigenvalue weighted by molar-refractivity contribution is -0.0234. The number of benzene rings is 3. The summed E-state index contributed by atoms with van der Waals surface area (Å²) in [6.45, 7) is 0. The molecule has 2 aliphatic heterocycles. The average Bonchev–Trinajstić information content (AvgIpc) is 3.25. The van der Waals surface area contributed by atoms with Crippen molar-refractivity contribution in [3.63, 3.8) is 0 Å². The molecule has 3 aromatic carbocycles. The molecular formula is C24H14F4O. The van der Waals surface area contributed by atoms with Gasteiger partial charge in [-0.3, -0.25) is 0 Å². The summed E-state index contributed by atoms with van der Waals surface area (Å²) in [6, 6.07) is 23.4. The van der Waals surface area contributed by atoms with Crippen LogP contribution >= 0.6 is 0 Å². The summed E-state index contributed by atoms with van der Waals surface area (Å²) < 4.78 is 63.8. The van der Waals surface area contributed by atoms with E-state index in [0.29, 0.717) is 22.3 Å². The van der Waals surface area contributed by atoms with Crippen LogP contribution in [0.1, 0.15) is 22.3 Å². The smallest absolute Gasteiger partial charge is 0.277 e. The fourth-order valence-electron chi connectivity index (χ4n) is 4.68. The average molecular weight is 394 g/mol. The summed E-state index contributed by atoms with van der Waals surface area (Å²) >= 11 is 0. The quantitative estimate of drug-likeness (QED) is 0.450. The van der Waals surface area contributed by atoms with Gasteiger partial charge in [-0.1, -0.05) is 84.9 Å². The fraction of sp³-hybridized carbons (Fsp3) is 0.0833. The number of fused-ring (bicyclic) bond motifs is 5. The van der Waals surface area contributed by atoms with Crippen molar-refractivity contribution in [2.24, 2.45) is 0 Å². The van der Waals surface area contributed by atoms with Gasteiger partial charge in [-0.15, -0.1) is 0 Å². The highest BCUT2D eigenvalue weighted by Crippen LogP contribution is 2.69. The molecule has 2 atom stereocenters. The number of halogens is 4. The van der Waals surface area contributed by atoms with Gasteiger partial charge < -0.3 is 4.74 Å². The number of rotatable bonds is 2. The van der Waals surface area contributed by atoms with Gasteiger partial charge in [0.15, 0.2) is 11.2 Å². The minimum absolute atomic E-state index is 0.379. The molecule has 2 aliphatic rings. The Kier molecular flexibility index (Phi) is 3.80. The molecule has 29 heavy (non-hydrogen) atoms. The predicted octanol–water partition coefficient (Wildman–Crippen LogP) is 6.52. The van der Waals surface area contributed by atoms with E-state index in [0.717, 1.165) is 0 Å². The molecule has 144 valence electrons. The van der Waals surface area contributed by atoms with Gasteiger partial charge in [0.1, 0.15) is 0 Å². The molecule has 0 radical (unpaired) electrons. The molecule has 0 spiro atoms. The number of ether oxygens (including phenoxy) is 1. The van der Waals surface area contributed by atoms with Crippen LogP contribution in [0.5, 0.6) is 0 Å². The molecule has 0 aliphatic carbocycles. The normalized spacial score (nSPS) is 24.6. The van der Waals surface area contributed by atoms with Crippen LogP contribution < -0.4 is 0 Å². The molecule has 5 heteroatoms. The molecule has 5 rings (SSSR count). The summed E-state index contributed by atoms with van der Waals surface area (Å²) in [4.78, 5) is 0. The summed E-state index contributed by atoms with van der Waals surface area (Å²) in [5.41, 5.74) is -3.52. The lowest BCUT2D eigenvalue weighted by Gasteiger charge is -2.31. The van der Waals surface area contributed by atoms with Gasteiger partial charge in [0.2, 0.25) is 0 Å². The molecule has 2 bridgehead atoms. The maximum Gasteiger partial charge on any atom is 0.277 e. The van der Waals surface area contributed by atoms with Gasteiger partial charge in [-0.2, -0.15) is 17.6 Å². The van der Waals surface area contributed by atoms with Crippen molar-refractivity contribution < 1.29 is 22.3 Å². The molecule has 3 aromatic rings. The van der Waals surface area contributed by atoms with E-state index in [4.69, 9.17) is 4.74 Å². The summed E-state index contributed by atoms with van der Waals surface area (Å²) in [7, 11) is 0. The Hall–Kier alpha value is -3.18. The van der Waals surface area contributed by atoms with Crippen molar-refractivity contribution in [3.05, 3.63) is 130 Å². The van der Waals surface area contributed by atoms with E-state index in [1.807, 2.05) is 0 Å². The molecule has 0 amide bonds. The van der Waals surface area contributed by atoms with Crippen molar-refractivity contribution in [2.45, 2.75) is 11.2 Å². The SMILES string of the molecule is FC(F)=C1C(=C(F)F)[C@@]2(c3ccccc3)O[C@]1(c1ccccc1)c1ccccc12. The van der Waals surface area contributed by atoms with Crippen LogP contribution in [0, 0.1) is 0 Å². The maximum absolute atomic E-state index is 14.4. The third-order valence-corrected chi connectivity index (χ3v) is 5.68. The Morgan fingerprint density at radius 2 is 0.862 bits per heavy atom. The molecule has 1 saturated heterocycles. The third-order valence-electron chi connectivity index (χ3n) is 5.68. The van der Waals surface area contributed by atoms with Crippen LogP contribution in [-0.2, 0) is 15.9 Å². The van der Waals surface area contributed by atoms with E-state index in [1.165, 1.54) is 0 Å². The predicted molar refractivity (Wildman–Crippen MR) is 100 cm³/mol. The molecule has 1 nitrogen and oxygen atoms in total. The second-order valence-electron chi connectivity index (χ2n) is 7.01. The van der Waals surface area contributed by atoms with Crippen molar-refractivity contribution in [1.29, 1.82) is 0 Å². The first kappa shape index (κ1) is 17.9. The van der Waals surface area contributed by atoms with Crippen molar-refractivity contribution in [2.75, 3.05) is 0 Å². The lowest BCUT2D eigenvalue weighted by atomic mass is 9.67. The topological polar surface area (TPSA) is 9.23 Å². The van der Waals surface area contributed by atoms with E-state index in [-0.39, 0.29) is 0 Å². The van der Waals surface area contributed by atoms with Crippen LogP contribution in [0.3, 0.4) is 0 Å². The second kappa shape index (κ2) is 6.16. The van der Waals surface area contributed by atoms with Crippen LogP contribution in [0.25, 0.3) is 0 Å². The molecule has 0 saturated carbocycles. The van der Waals surface area contributed by atoms with Crippen molar-refractivity contribution in [1.82, 2.24) is 0 Å². The van der Waals surface area contributed by atoms with Crippen molar-refractivity contribution in [3.8, 4) is 0 Å². The zero-order chi connectivity index (χ0) is 20.2. The molecular weight excluding hydrogens is 380 g/mol. The van der Waals surface area contributed by atoms with E-state index in [2.05, 4.69) is 0 Å². The Bertz CT molecular complexity index is 1070. The third kappa shape index (κ3) is 2.13. The number of hydrogen-bond acceptors (Lipinski definition) is 1. The molecule has 0 aromatic heterocycles. The highest BCUT2D eigenvalue weighted by atomic mass is 19.3. The largest absolute Gasteiger partial charge is 0.340 e. The summed E-state index contributed by atoms with van der Waals surface area (Å²) in [5.74, 6) is 0. The van der Waals surface area contributed by atoms with Gasteiger partial charge >= 0.3 is 0 Å². The Morgan fingerprint density at radius 3 is 1.21 bits per heavy atom. The van der Waals surface area contributed by atoms with E-state index >= 15 is 0 Å². The monoisotopic (exact) mass is 394 g/mol.